The third-order valence-electron chi connectivity index (χ3n) is 5.46. The Morgan fingerprint density at radius 1 is 1.37 bits per heavy atom. The van der Waals surface area contributed by atoms with E-state index in [4.69, 9.17) is 17.3 Å². The van der Waals surface area contributed by atoms with Gasteiger partial charge in [-0.15, -0.1) is 12.4 Å². The van der Waals surface area contributed by atoms with Crippen LogP contribution < -0.4 is 15.5 Å². The van der Waals surface area contributed by atoms with Gasteiger partial charge in [-0.3, -0.25) is 4.79 Å². The summed E-state index contributed by atoms with van der Waals surface area (Å²) in [4.78, 5) is 26.1. The summed E-state index contributed by atoms with van der Waals surface area (Å²) < 4.78 is 16.4. The van der Waals surface area contributed by atoms with Crippen molar-refractivity contribution < 1.29 is 4.39 Å². The molecule has 0 bridgehead atoms. The van der Waals surface area contributed by atoms with Crippen molar-refractivity contribution in [3.8, 4) is 11.1 Å². The molecule has 7 nitrogen and oxygen atoms in total. The van der Waals surface area contributed by atoms with Crippen LogP contribution in [0.2, 0.25) is 5.02 Å². The summed E-state index contributed by atoms with van der Waals surface area (Å²) in [7, 11) is 1.71. The van der Waals surface area contributed by atoms with Crippen molar-refractivity contribution in [2.24, 2.45) is 12.8 Å². The van der Waals surface area contributed by atoms with Crippen LogP contribution in [0.4, 0.5) is 10.2 Å². The van der Waals surface area contributed by atoms with Gasteiger partial charge in [0.05, 0.1) is 28.0 Å². The predicted molar refractivity (Wildman–Crippen MR) is 122 cm³/mol. The fourth-order valence-corrected chi connectivity index (χ4v) is 5.12. The number of alkyl halides is 1. The van der Waals surface area contributed by atoms with Crippen molar-refractivity contribution in [3.63, 3.8) is 0 Å². The lowest BCUT2D eigenvalue weighted by molar-refractivity contribution is 0.251. The summed E-state index contributed by atoms with van der Waals surface area (Å²) in [5.41, 5.74) is 9.31. The van der Waals surface area contributed by atoms with Gasteiger partial charge in [0.25, 0.3) is 0 Å². The minimum absolute atomic E-state index is 0. The molecular formula is C19H19Cl2FN6OS. The van der Waals surface area contributed by atoms with Crippen LogP contribution in [0.5, 0.6) is 0 Å². The number of piperidine rings is 1. The van der Waals surface area contributed by atoms with Crippen LogP contribution in [0.25, 0.3) is 32.5 Å². The largest absolute Gasteiger partial charge is 0.352 e. The van der Waals surface area contributed by atoms with Crippen molar-refractivity contribution in [2.45, 2.75) is 18.6 Å². The van der Waals surface area contributed by atoms with Crippen LogP contribution >= 0.6 is 35.3 Å². The Labute approximate surface area is 186 Å². The molecule has 1 saturated heterocycles. The van der Waals surface area contributed by atoms with Crippen molar-refractivity contribution in [3.05, 3.63) is 39.2 Å². The highest BCUT2D eigenvalue weighted by Crippen LogP contribution is 2.37. The minimum atomic E-state index is -1.08. The van der Waals surface area contributed by atoms with Gasteiger partial charge in [0.1, 0.15) is 17.5 Å². The van der Waals surface area contributed by atoms with Crippen molar-refractivity contribution in [2.75, 3.05) is 18.0 Å². The van der Waals surface area contributed by atoms with E-state index in [-0.39, 0.29) is 23.8 Å². The van der Waals surface area contributed by atoms with Gasteiger partial charge >= 0.3 is 4.87 Å². The van der Waals surface area contributed by atoms with Crippen LogP contribution in [-0.4, -0.2) is 44.8 Å². The lowest BCUT2D eigenvalue weighted by Crippen LogP contribution is -2.48. The molecule has 0 unspecified atom stereocenters. The Balaban J connectivity index is 0.00000218. The Hall–Kier alpha value is -2.20. The van der Waals surface area contributed by atoms with Crippen molar-refractivity contribution in [1.82, 2.24) is 19.5 Å². The first-order valence-corrected chi connectivity index (χ1v) is 10.4. The monoisotopic (exact) mass is 468 g/mol. The zero-order valence-corrected chi connectivity index (χ0v) is 18.3. The zero-order valence-electron chi connectivity index (χ0n) is 15.9. The molecule has 11 heteroatoms. The second kappa shape index (κ2) is 7.81. The fourth-order valence-electron chi connectivity index (χ4n) is 3.78. The van der Waals surface area contributed by atoms with Gasteiger partial charge in [0.15, 0.2) is 5.65 Å². The minimum Gasteiger partial charge on any atom is -0.352 e. The number of thiazole rings is 1. The molecule has 0 amide bonds. The number of anilines is 1. The number of hydrogen-bond acceptors (Lipinski definition) is 6. The van der Waals surface area contributed by atoms with Gasteiger partial charge in [0, 0.05) is 37.0 Å². The number of fused-ring (bicyclic) bond motifs is 2. The second-order valence-electron chi connectivity index (χ2n) is 7.24. The molecule has 5 rings (SSSR count). The Morgan fingerprint density at radius 3 is 2.93 bits per heavy atom. The van der Waals surface area contributed by atoms with E-state index < -0.39 is 12.2 Å². The number of rotatable bonds is 2. The number of aromatic amines is 1. The number of hydrogen-bond donors (Lipinski definition) is 2. The maximum absolute atomic E-state index is 14.0. The summed E-state index contributed by atoms with van der Waals surface area (Å²) in [6.07, 6.45) is 2.95. The summed E-state index contributed by atoms with van der Waals surface area (Å²) >= 11 is 7.82. The van der Waals surface area contributed by atoms with E-state index >= 15 is 0 Å². The lowest BCUT2D eigenvalue weighted by Gasteiger charge is -2.33. The molecule has 0 radical (unpaired) electrons. The third-order valence-corrected chi connectivity index (χ3v) is 6.84. The van der Waals surface area contributed by atoms with Gasteiger partial charge < -0.3 is 20.2 Å². The molecule has 158 valence electrons. The van der Waals surface area contributed by atoms with E-state index in [9.17, 15) is 9.18 Å². The number of nitrogens with zero attached hydrogens (tertiary/aromatic N) is 4. The average Bonchev–Trinajstić information content (AvgIpc) is 3.25. The van der Waals surface area contributed by atoms with Gasteiger partial charge in [-0.2, -0.15) is 0 Å². The smallest absolute Gasteiger partial charge is 0.307 e. The highest BCUT2D eigenvalue weighted by molar-refractivity contribution is 7.16. The molecule has 30 heavy (non-hydrogen) atoms. The van der Waals surface area contributed by atoms with Crippen LogP contribution in [0, 0.1) is 0 Å². The van der Waals surface area contributed by atoms with E-state index in [1.165, 1.54) is 0 Å². The molecule has 1 aliphatic heterocycles. The van der Waals surface area contributed by atoms with Crippen LogP contribution in [0.15, 0.2) is 29.3 Å². The number of halogens is 3. The molecule has 3 aromatic heterocycles. The van der Waals surface area contributed by atoms with E-state index in [1.54, 1.807) is 24.0 Å². The van der Waals surface area contributed by atoms with Crippen LogP contribution in [0.3, 0.4) is 0 Å². The molecule has 4 aromatic rings. The second-order valence-corrected chi connectivity index (χ2v) is 8.61. The van der Waals surface area contributed by atoms with Crippen molar-refractivity contribution >= 4 is 62.5 Å². The highest BCUT2D eigenvalue weighted by Gasteiger charge is 2.27. The summed E-state index contributed by atoms with van der Waals surface area (Å²) in [5.74, 6) is 0.613. The lowest BCUT2D eigenvalue weighted by atomic mass is 10.0. The van der Waals surface area contributed by atoms with Gasteiger partial charge in [-0.05, 0) is 12.5 Å². The Kier molecular flexibility index (Phi) is 5.48. The SMILES string of the molecule is Cl.Cn1c(=O)sc2ccc(-c3c[nH]c4nc(N5CC[C@H](N)[C@H](F)C5)cnc34)c(Cl)c21. The van der Waals surface area contributed by atoms with E-state index in [0.717, 1.165) is 27.2 Å². The average molecular weight is 469 g/mol. The molecule has 4 heterocycles. The molecule has 1 aromatic carbocycles. The normalized spacial score (nSPS) is 19.4. The maximum Gasteiger partial charge on any atom is 0.307 e. The van der Waals surface area contributed by atoms with Gasteiger partial charge in [0.2, 0.25) is 0 Å². The van der Waals surface area contributed by atoms with Crippen molar-refractivity contribution in [1.29, 1.82) is 0 Å². The Bertz CT molecular complexity index is 1300. The Morgan fingerprint density at radius 2 is 2.17 bits per heavy atom. The fraction of sp³-hybridized carbons (Fsp3) is 0.316. The zero-order chi connectivity index (χ0) is 20.3. The molecule has 3 N–H and O–H groups in total. The molecule has 1 fully saturated rings. The number of aromatic nitrogens is 4. The molecule has 0 spiro atoms. The number of nitrogens with one attached hydrogen (secondary N) is 1. The van der Waals surface area contributed by atoms with Gasteiger partial charge in [-0.1, -0.05) is 29.0 Å². The van der Waals surface area contributed by atoms with Gasteiger partial charge in [-0.25, -0.2) is 14.4 Å². The highest BCUT2D eigenvalue weighted by atomic mass is 35.5. The predicted octanol–water partition coefficient (Wildman–Crippen LogP) is 3.49. The first kappa shape index (κ1) is 21.0. The molecular weight excluding hydrogens is 450 g/mol. The van der Waals surface area contributed by atoms with Crippen LogP contribution in [0.1, 0.15) is 6.42 Å². The topological polar surface area (TPSA) is 92.8 Å². The molecule has 2 atom stereocenters. The summed E-state index contributed by atoms with van der Waals surface area (Å²) in [5, 5.41) is 0.500. The third kappa shape index (κ3) is 3.26. The van der Waals surface area contributed by atoms with E-state index in [0.29, 0.717) is 40.5 Å². The molecule has 0 saturated carbocycles. The number of H-pyrrole nitrogens is 1. The number of nitrogens with two attached hydrogens (primary N) is 1. The quantitative estimate of drug-likeness (QED) is 0.469. The number of benzene rings is 1. The molecule has 0 aliphatic carbocycles. The first-order chi connectivity index (χ1) is 13.9. The summed E-state index contributed by atoms with van der Waals surface area (Å²) in [6, 6.07) is 3.35. The van der Waals surface area contributed by atoms with Crippen LogP contribution in [-0.2, 0) is 7.05 Å². The van der Waals surface area contributed by atoms with E-state index in [2.05, 4.69) is 15.0 Å². The standard InChI is InChI=1S/C19H18ClFN6OS.ClH/c1-26-17-13(29-19(26)28)3-2-9(15(17)20)10-6-24-18-16(10)23-7-14(25-18)27-5-4-12(22)11(21)8-27;/h2-3,6-7,11-12H,4-5,8,22H2,1H3,(H,24,25);1H/t11-,12+;/m1./s1. The first-order valence-electron chi connectivity index (χ1n) is 9.21. The number of aryl methyl sites for hydroxylation is 1. The maximum atomic E-state index is 14.0. The van der Waals surface area contributed by atoms with E-state index in [1.807, 2.05) is 17.0 Å². The summed E-state index contributed by atoms with van der Waals surface area (Å²) in [6.45, 7) is 0.855. The molecule has 1 aliphatic rings.